The molecular formula is C19H23FN6O3. The van der Waals surface area contributed by atoms with E-state index >= 15 is 0 Å². The highest BCUT2D eigenvalue weighted by Gasteiger charge is 2.35. The number of rotatable bonds is 4. The Kier molecular flexibility index (Phi) is 5.43. The minimum absolute atomic E-state index is 0.0460. The van der Waals surface area contributed by atoms with Crippen molar-refractivity contribution < 1.29 is 18.7 Å². The summed E-state index contributed by atoms with van der Waals surface area (Å²) in [5.74, 6) is -0.719. The van der Waals surface area contributed by atoms with Gasteiger partial charge in [0.2, 0.25) is 5.91 Å². The van der Waals surface area contributed by atoms with Crippen LogP contribution < -0.4 is 10.2 Å². The lowest BCUT2D eigenvalue weighted by atomic mass is 10.1. The molecule has 4 rings (SSSR count). The molecule has 0 saturated carbocycles. The first kappa shape index (κ1) is 19.3. The van der Waals surface area contributed by atoms with Crippen LogP contribution >= 0.6 is 0 Å². The third kappa shape index (κ3) is 4.07. The second-order valence-electron chi connectivity index (χ2n) is 7.21. The number of carbonyl (C=O) groups excluding carboxylic acids is 2. The third-order valence-corrected chi connectivity index (χ3v) is 5.47. The molecule has 0 spiro atoms. The fraction of sp³-hybridized carbons (Fsp3) is 0.474. The molecule has 2 aliphatic heterocycles. The summed E-state index contributed by atoms with van der Waals surface area (Å²) in [7, 11) is 1.29. The number of carbonyl (C=O) groups is 2. The van der Waals surface area contributed by atoms with Gasteiger partial charge in [-0.05, 0) is 30.7 Å². The molecule has 2 aromatic rings. The molecule has 10 heteroatoms. The molecule has 1 amide bonds. The van der Waals surface area contributed by atoms with E-state index in [1.54, 1.807) is 23.0 Å². The number of aromatic nitrogens is 3. The van der Waals surface area contributed by atoms with Crippen LogP contribution in [-0.4, -0.2) is 77.6 Å². The van der Waals surface area contributed by atoms with Crippen LogP contribution in [0.25, 0.3) is 0 Å². The van der Waals surface area contributed by atoms with Crippen LogP contribution in [0.5, 0.6) is 0 Å². The molecule has 2 atom stereocenters. The summed E-state index contributed by atoms with van der Waals surface area (Å²) in [6.45, 7) is 3.23. The van der Waals surface area contributed by atoms with Gasteiger partial charge in [0.05, 0.1) is 25.4 Å². The number of nitrogens with one attached hydrogen (secondary N) is 1. The lowest BCUT2D eigenvalue weighted by molar-refractivity contribution is -0.133. The molecule has 1 aromatic heterocycles. The molecule has 154 valence electrons. The maximum atomic E-state index is 13.1. The number of benzene rings is 1. The second kappa shape index (κ2) is 8.16. The maximum absolute atomic E-state index is 13.1. The second-order valence-corrected chi connectivity index (χ2v) is 7.21. The van der Waals surface area contributed by atoms with E-state index in [-0.39, 0.29) is 29.5 Å². The number of hydrogen-bond donors (Lipinski definition) is 1. The molecule has 2 fully saturated rings. The molecule has 3 heterocycles. The topological polar surface area (TPSA) is 92.6 Å². The van der Waals surface area contributed by atoms with Crippen LogP contribution in [0.2, 0.25) is 0 Å². The molecule has 0 bridgehead atoms. The van der Waals surface area contributed by atoms with Gasteiger partial charge in [-0.15, -0.1) is 5.10 Å². The summed E-state index contributed by atoms with van der Waals surface area (Å²) < 4.78 is 19.4. The van der Waals surface area contributed by atoms with E-state index in [9.17, 15) is 14.0 Å². The highest BCUT2D eigenvalue weighted by Crippen LogP contribution is 2.22. The van der Waals surface area contributed by atoms with E-state index in [0.717, 1.165) is 5.69 Å². The Bertz CT molecular complexity index is 878. The molecule has 29 heavy (non-hydrogen) atoms. The summed E-state index contributed by atoms with van der Waals surface area (Å²) in [5.41, 5.74) is 1.12. The number of methoxy groups -OCH3 is 1. The minimum Gasteiger partial charge on any atom is -0.464 e. The summed E-state index contributed by atoms with van der Waals surface area (Å²) in [6, 6.07) is 6.09. The van der Waals surface area contributed by atoms with Gasteiger partial charge in [-0.2, -0.15) is 0 Å². The number of piperazine rings is 1. The van der Waals surface area contributed by atoms with Crippen LogP contribution in [0.15, 0.2) is 30.5 Å². The van der Waals surface area contributed by atoms with Gasteiger partial charge in [0.25, 0.3) is 0 Å². The fourth-order valence-corrected chi connectivity index (χ4v) is 3.82. The average molecular weight is 402 g/mol. The van der Waals surface area contributed by atoms with Crippen LogP contribution in [0.4, 0.5) is 10.1 Å². The van der Waals surface area contributed by atoms with Gasteiger partial charge in [-0.1, -0.05) is 5.21 Å². The number of nitrogens with zero attached hydrogens (tertiary/aromatic N) is 5. The molecular weight excluding hydrogens is 379 g/mol. The fourth-order valence-electron chi connectivity index (χ4n) is 3.82. The highest BCUT2D eigenvalue weighted by atomic mass is 19.1. The van der Waals surface area contributed by atoms with E-state index in [4.69, 9.17) is 0 Å². The monoisotopic (exact) mass is 402 g/mol. The van der Waals surface area contributed by atoms with Crippen molar-refractivity contribution in [1.29, 1.82) is 0 Å². The Morgan fingerprint density at radius 1 is 1.17 bits per heavy atom. The standard InChI is InChI=1S/C19H23FN6O3/c1-29-19(28)17-12-26(23-22-17)15-10-16(21-11-15)18(27)25-8-6-24(7-9-25)14-4-2-13(20)3-5-14/h2-5,12,15-16,21H,6-11H2,1H3/t15-,16-/m0/s1. The largest absolute Gasteiger partial charge is 0.464 e. The van der Waals surface area contributed by atoms with Crippen LogP contribution in [0.1, 0.15) is 23.0 Å². The van der Waals surface area contributed by atoms with Crippen molar-refractivity contribution in [2.75, 3.05) is 44.7 Å². The van der Waals surface area contributed by atoms with E-state index < -0.39 is 5.97 Å². The molecule has 0 aliphatic carbocycles. The number of amides is 1. The quantitative estimate of drug-likeness (QED) is 0.743. The van der Waals surface area contributed by atoms with Crippen molar-refractivity contribution in [3.8, 4) is 0 Å². The Morgan fingerprint density at radius 3 is 2.59 bits per heavy atom. The maximum Gasteiger partial charge on any atom is 0.360 e. The van der Waals surface area contributed by atoms with Crippen LogP contribution in [0, 0.1) is 5.82 Å². The van der Waals surface area contributed by atoms with Crippen LogP contribution in [0.3, 0.4) is 0 Å². The molecule has 2 aliphatic rings. The Labute approximate surface area is 167 Å². The predicted octanol–water partition coefficient (Wildman–Crippen LogP) is 0.456. The van der Waals surface area contributed by atoms with E-state index in [2.05, 4.69) is 25.3 Å². The third-order valence-electron chi connectivity index (χ3n) is 5.47. The summed E-state index contributed by atoms with van der Waals surface area (Å²) >= 11 is 0. The van der Waals surface area contributed by atoms with Crippen molar-refractivity contribution in [1.82, 2.24) is 25.2 Å². The summed E-state index contributed by atoms with van der Waals surface area (Å²) in [4.78, 5) is 28.4. The summed E-state index contributed by atoms with van der Waals surface area (Å²) in [5, 5.41) is 11.1. The van der Waals surface area contributed by atoms with Crippen molar-refractivity contribution in [2.24, 2.45) is 0 Å². The molecule has 9 nitrogen and oxygen atoms in total. The Balaban J connectivity index is 1.31. The number of esters is 1. The molecule has 0 radical (unpaired) electrons. The lowest BCUT2D eigenvalue weighted by Gasteiger charge is -2.37. The average Bonchev–Trinajstić information content (AvgIpc) is 3.43. The molecule has 0 unspecified atom stereocenters. The Hall–Kier alpha value is -3.01. The molecule has 2 saturated heterocycles. The SMILES string of the molecule is COC(=O)c1cn([C@@H]2CN[C@H](C(=O)N3CCN(c4ccc(F)cc4)CC3)C2)nn1. The van der Waals surface area contributed by atoms with Gasteiger partial charge in [-0.25, -0.2) is 13.9 Å². The molecule has 1 aromatic carbocycles. The van der Waals surface area contributed by atoms with Crippen molar-refractivity contribution >= 4 is 17.6 Å². The zero-order valence-electron chi connectivity index (χ0n) is 16.1. The Morgan fingerprint density at radius 2 is 1.90 bits per heavy atom. The number of anilines is 1. The predicted molar refractivity (Wildman–Crippen MR) is 102 cm³/mol. The first-order valence-electron chi connectivity index (χ1n) is 9.58. The smallest absolute Gasteiger partial charge is 0.360 e. The van der Waals surface area contributed by atoms with Gasteiger partial charge in [0.1, 0.15) is 5.82 Å². The zero-order valence-corrected chi connectivity index (χ0v) is 16.1. The zero-order chi connectivity index (χ0) is 20.4. The lowest BCUT2D eigenvalue weighted by Crippen LogP contribution is -2.53. The normalized spacial score (nSPS) is 22.0. The number of halogens is 1. The molecule has 1 N–H and O–H groups in total. The van der Waals surface area contributed by atoms with Gasteiger partial charge < -0.3 is 19.9 Å². The van der Waals surface area contributed by atoms with E-state index in [1.165, 1.54) is 19.2 Å². The summed E-state index contributed by atoms with van der Waals surface area (Å²) in [6.07, 6.45) is 2.13. The van der Waals surface area contributed by atoms with E-state index in [0.29, 0.717) is 39.1 Å². The van der Waals surface area contributed by atoms with Crippen LogP contribution in [-0.2, 0) is 9.53 Å². The van der Waals surface area contributed by atoms with Crippen molar-refractivity contribution in [3.05, 3.63) is 42.0 Å². The van der Waals surface area contributed by atoms with Gasteiger partial charge in [0.15, 0.2) is 5.69 Å². The van der Waals surface area contributed by atoms with E-state index in [1.807, 2.05) is 4.90 Å². The van der Waals surface area contributed by atoms with Gasteiger partial charge in [-0.3, -0.25) is 4.79 Å². The number of ether oxygens (including phenoxy) is 1. The van der Waals surface area contributed by atoms with Crippen molar-refractivity contribution in [3.63, 3.8) is 0 Å². The first-order valence-corrected chi connectivity index (χ1v) is 9.58. The van der Waals surface area contributed by atoms with Crippen molar-refractivity contribution in [2.45, 2.75) is 18.5 Å². The first-order chi connectivity index (χ1) is 14.0. The van der Waals surface area contributed by atoms with Gasteiger partial charge >= 0.3 is 5.97 Å². The number of hydrogen-bond acceptors (Lipinski definition) is 7. The van der Waals surface area contributed by atoms with Gasteiger partial charge in [0, 0.05) is 38.4 Å². The minimum atomic E-state index is -0.533. The highest BCUT2D eigenvalue weighted by molar-refractivity contribution is 5.86.